The molecule has 3 nitrogen and oxygen atoms in total. The second-order valence-electron chi connectivity index (χ2n) is 3.93. The molecule has 0 saturated carbocycles. The minimum atomic E-state index is -0.356. The van der Waals surface area contributed by atoms with Crippen LogP contribution >= 0.6 is 15.9 Å². The predicted octanol–water partition coefficient (Wildman–Crippen LogP) is 3.04. The van der Waals surface area contributed by atoms with Gasteiger partial charge in [-0.2, -0.15) is 0 Å². The number of carbonyl (C=O) groups is 1. The Morgan fingerprint density at radius 3 is 2.88 bits per heavy atom. The topological polar surface area (TPSA) is 55.1 Å². The van der Waals surface area contributed by atoms with Crippen molar-refractivity contribution in [2.75, 3.05) is 5.32 Å². The van der Waals surface area contributed by atoms with Crippen LogP contribution in [0.5, 0.6) is 0 Å². The molecule has 1 rings (SSSR count). The summed E-state index contributed by atoms with van der Waals surface area (Å²) in [7, 11) is 0. The minimum absolute atomic E-state index is 0.121. The highest BCUT2D eigenvalue weighted by atomic mass is 79.9. The van der Waals surface area contributed by atoms with Crippen molar-refractivity contribution in [3.05, 3.63) is 28.5 Å². The third-order valence-corrected chi connectivity index (χ3v) is 2.92. The van der Waals surface area contributed by atoms with Crippen LogP contribution in [0.4, 0.5) is 10.1 Å². The molecule has 0 saturated heterocycles. The van der Waals surface area contributed by atoms with E-state index >= 15 is 0 Å². The molecule has 0 fully saturated rings. The fourth-order valence-electron chi connectivity index (χ4n) is 1.50. The van der Waals surface area contributed by atoms with Crippen molar-refractivity contribution < 1.29 is 9.18 Å². The van der Waals surface area contributed by atoms with Crippen LogP contribution in [0.25, 0.3) is 0 Å². The summed E-state index contributed by atoms with van der Waals surface area (Å²) in [4.78, 5) is 11.6. The summed E-state index contributed by atoms with van der Waals surface area (Å²) in [6, 6.07) is 4.22. The molecule has 0 spiro atoms. The van der Waals surface area contributed by atoms with Crippen LogP contribution < -0.4 is 11.1 Å². The summed E-state index contributed by atoms with van der Waals surface area (Å²) in [6.07, 6.45) is 2.06. The number of anilines is 1. The lowest BCUT2D eigenvalue weighted by Gasteiger charge is -2.10. The molecule has 1 amide bonds. The Kier molecular flexibility index (Phi) is 5.58. The third kappa shape index (κ3) is 4.83. The smallest absolute Gasteiger partial charge is 0.225 e. The summed E-state index contributed by atoms with van der Waals surface area (Å²) in [6.45, 7) is 2.02. The number of carbonyl (C=O) groups excluding carboxylic acids is 1. The first-order valence-electron chi connectivity index (χ1n) is 5.53. The Bertz CT molecular complexity index is 398. The molecule has 3 N–H and O–H groups in total. The number of nitrogens with two attached hydrogens (primary N) is 1. The molecular formula is C12H16BrFN2O. The van der Waals surface area contributed by atoms with E-state index in [-0.39, 0.29) is 24.2 Å². The fourth-order valence-corrected chi connectivity index (χ4v) is 1.88. The standard InChI is InChI=1S/C12H16BrFN2O/c1-2-3-8(15)6-12(17)16-9-4-5-11(14)10(13)7-9/h4-5,7-8H,2-3,6,15H2,1H3,(H,16,17). The average molecular weight is 303 g/mol. The number of halogens is 2. The SMILES string of the molecule is CCCC(N)CC(=O)Nc1ccc(F)c(Br)c1. The van der Waals surface area contributed by atoms with Crippen molar-refractivity contribution >= 4 is 27.5 Å². The van der Waals surface area contributed by atoms with Crippen molar-refractivity contribution in [1.82, 2.24) is 0 Å². The number of amides is 1. The van der Waals surface area contributed by atoms with E-state index in [9.17, 15) is 9.18 Å². The van der Waals surface area contributed by atoms with Gasteiger partial charge in [-0.15, -0.1) is 0 Å². The van der Waals surface area contributed by atoms with Crippen molar-refractivity contribution in [2.45, 2.75) is 32.2 Å². The van der Waals surface area contributed by atoms with Gasteiger partial charge in [0.15, 0.2) is 0 Å². The van der Waals surface area contributed by atoms with E-state index < -0.39 is 0 Å². The average Bonchev–Trinajstić information content (AvgIpc) is 2.23. The van der Waals surface area contributed by atoms with Gasteiger partial charge < -0.3 is 11.1 Å². The molecular weight excluding hydrogens is 287 g/mol. The van der Waals surface area contributed by atoms with E-state index in [1.54, 1.807) is 0 Å². The molecule has 1 aromatic rings. The van der Waals surface area contributed by atoms with Gasteiger partial charge in [-0.1, -0.05) is 13.3 Å². The van der Waals surface area contributed by atoms with E-state index in [1.165, 1.54) is 18.2 Å². The van der Waals surface area contributed by atoms with Gasteiger partial charge in [0, 0.05) is 18.2 Å². The predicted molar refractivity (Wildman–Crippen MR) is 70.2 cm³/mol. The Hall–Kier alpha value is -0.940. The van der Waals surface area contributed by atoms with Crippen LogP contribution in [-0.4, -0.2) is 11.9 Å². The number of benzene rings is 1. The molecule has 0 aromatic heterocycles. The van der Waals surface area contributed by atoms with E-state index in [0.717, 1.165) is 12.8 Å². The Morgan fingerprint density at radius 1 is 1.59 bits per heavy atom. The van der Waals surface area contributed by atoms with Crippen LogP contribution in [0.2, 0.25) is 0 Å². The van der Waals surface area contributed by atoms with Gasteiger partial charge in [0.25, 0.3) is 0 Å². The number of rotatable bonds is 5. The minimum Gasteiger partial charge on any atom is -0.327 e. The molecule has 17 heavy (non-hydrogen) atoms. The first-order chi connectivity index (χ1) is 8.02. The molecule has 0 heterocycles. The van der Waals surface area contributed by atoms with E-state index in [2.05, 4.69) is 21.2 Å². The normalized spacial score (nSPS) is 12.2. The highest BCUT2D eigenvalue weighted by Gasteiger charge is 2.09. The Morgan fingerprint density at radius 2 is 2.29 bits per heavy atom. The Balaban J connectivity index is 2.53. The van der Waals surface area contributed by atoms with Gasteiger partial charge in [-0.05, 0) is 40.5 Å². The summed E-state index contributed by atoms with van der Waals surface area (Å²) in [5.74, 6) is -0.504. The number of hydrogen-bond acceptors (Lipinski definition) is 2. The zero-order valence-electron chi connectivity index (χ0n) is 9.67. The van der Waals surface area contributed by atoms with Gasteiger partial charge in [-0.3, -0.25) is 4.79 Å². The second-order valence-corrected chi connectivity index (χ2v) is 4.78. The van der Waals surface area contributed by atoms with Crippen molar-refractivity contribution in [3.63, 3.8) is 0 Å². The second kappa shape index (κ2) is 6.71. The maximum Gasteiger partial charge on any atom is 0.225 e. The zero-order chi connectivity index (χ0) is 12.8. The van der Waals surface area contributed by atoms with Crippen LogP contribution in [0.3, 0.4) is 0 Å². The zero-order valence-corrected chi connectivity index (χ0v) is 11.3. The first kappa shape index (κ1) is 14.1. The lowest BCUT2D eigenvalue weighted by Crippen LogP contribution is -2.26. The maximum atomic E-state index is 13.0. The van der Waals surface area contributed by atoms with Gasteiger partial charge in [-0.25, -0.2) is 4.39 Å². The van der Waals surface area contributed by atoms with Crippen LogP contribution in [0, 0.1) is 5.82 Å². The number of hydrogen-bond donors (Lipinski definition) is 2. The van der Waals surface area contributed by atoms with E-state index in [4.69, 9.17) is 5.73 Å². The van der Waals surface area contributed by atoms with Crippen molar-refractivity contribution in [3.8, 4) is 0 Å². The first-order valence-corrected chi connectivity index (χ1v) is 6.32. The van der Waals surface area contributed by atoms with Crippen molar-refractivity contribution in [2.24, 2.45) is 5.73 Å². The molecule has 0 radical (unpaired) electrons. The summed E-state index contributed by atoms with van der Waals surface area (Å²) in [5, 5.41) is 2.68. The Labute approximate surface area is 109 Å². The van der Waals surface area contributed by atoms with Crippen LogP contribution in [-0.2, 0) is 4.79 Å². The molecule has 1 atom stereocenters. The summed E-state index contributed by atoms with van der Waals surface area (Å²) in [5.41, 5.74) is 6.32. The maximum absolute atomic E-state index is 13.0. The lowest BCUT2D eigenvalue weighted by molar-refractivity contribution is -0.116. The lowest BCUT2D eigenvalue weighted by atomic mass is 10.1. The van der Waals surface area contributed by atoms with Crippen LogP contribution in [0.1, 0.15) is 26.2 Å². The van der Waals surface area contributed by atoms with Gasteiger partial charge in [0.1, 0.15) is 5.82 Å². The monoisotopic (exact) mass is 302 g/mol. The van der Waals surface area contributed by atoms with Crippen molar-refractivity contribution in [1.29, 1.82) is 0 Å². The molecule has 94 valence electrons. The van der Waals surface area contributed by atoms with Gasteiger partial charge in [0.2, 0.25) is 5.91 Å². The quantitative estimate of drug-likeness (QED) is 0.878. The molecule has 1 unspecified atom stereocenters. The molecule has 0 aliphatic carbocycles. The van der Waals surface area contributed by atoms with E-state index in [0.29, 0.717) is 10.2 Å². The fraction of sp³-hybridized carbons (Fsp3) is 0.417. The largest absolute Gasteiger partial charge is 0.327 e. The number of nitrogens with one attached hydrogen (secondary N) is 1. The molecule has 0 aliphatic heterocycles. The highest BCUT2D eigenvalue weighted by molar-refractivity contribution is 9.10. The summed E-state index contributed by atoms with van der Waals surface area (Å²) < 4.78 is 13.3. The molecule has 0 bridgehead atoms. The highest BCUT2D eigenvalue weighted by Crippen LogP contribution is 2.20. The summed E-state index contributed by atoms with van der Waals surface area (Å²) >= 11 is 3.06. The third-order valence-electron chi connectivity index (χ3n) is 2.31. The molecule has 0 aliphatic rings. The van der Waals surface area contributed by atoms with E-state index in [1.807, 2.05) is 6.92 Å². The molecule has 5 heteroatoms. The van der Waals surface area contributed by atoms with Crippen LogP contribution in [0.15, 0.2) is 22.7 Å². The van der Waals surface area contributed by atoms with Gasteiger partial charge in [0.05, 0.1) is 4.47 Å². The molecule has 1 aromatic carbocycles. The van der Waals surface area contributed by atoms with Gasteiger partial charge >= 0.3 is 0 Å².